The maximum absolute atomic E-state index is 15.1. The number of amides is 1. The Labute approximate surface area is 242 Å². The van der Waals surface area contributed by atoms with Crippen LogP contribution in [0.25, 0.3) is 11.0 Å². The van der Waals surface area contributed by atoms with E-state index < -0.39 is 27.0 Å². The minimum Gasteiger partial charge on any atom is -0.369 e. The highest BCUT2D eigenvalue weighted by Crippen LogP contribution is 2.24. The third-order valence-electron chi connectivity index (χ3n) is 7.19. The number of carbonyl (C=O) groups is 1. The third kappa shape index (κ3) is 6.58. The molecule has 13 heteroatoms. The first-order valence-corrected chi connectivity index (χ1v) is 15.2. The number of nitrogens with one attached hydrogen (secondary N) is 2. The van der Waals surface area contributed by atoms with Crippen molar-refractivity contribution in [2.45, 2.75) is 18.4 Å². The summed E-state index contributed by atoms with van der Waals surface area (Å²) in [7, 11) is -1.87. The molecule has 11 nitrogen and oxygen atoms in total. The molecule has 1 aliphatic rings. The van der Waals surface area contributed by atoms with Crippen molar-refractivity contribution < 1.29 is 17.6 Å². The van der Waals surface area contributed by atoms with Gasteiger partial charge in [-0.1, -0.05) is 6.07 Å². The van der Waals surface area contributed by atoms with Gasteiger partial charge in [0.05, 0.1) is 17.2 Å². The van der Waals surface area contributed by atoms with Crippen LogP contribution in [-0.4, -0.2) is 79.3 Å². The van der Waals surface area contributed by atoms with Crippen LogP contribution in [0.1, 0.15) is 12.5 Å². The molecule has 1 saturated heterocycles. The zero-order valence-electron chi connectivity index (χ0n) is 23.4. The molecule has 3 heterocycles. The van der Waals surface area contributed by atoms with Crippen LogP contribution in [-0.2, 0) is 21.2 Å². The second-order valence-electron chi connectivity index (χ2n) is 10.2. The van der Waals surface area contributed by atoms with Crippen molar-refractivity contribution in [3.8, 4) is 0 Å². The highest BCUT2D eigenvalue weighted by molar-refractivity contribution is 7.91. The monoisotopic (exact) mass is 593 g/mol. The summed E-state index contributed by atoms with van der Waals surface area (Å²) in [6.07, 6.45) is 1.55. The van der Waals surface area contributed by atoms with Crippen molar-refractivity contribution in [1.82, 2.24) is 24.8 Å². The molecule has 4 aromatic rings. The number of sulfone groups is 1. The van der Waals surface area contributed by atoms with Crippen LogP contribution in [0.4, 0.5) is 21.7 Å². The molecule has 0 aliphatic carbocycles. The summed E-state index contributed by atoms with van der Waals surface area (Å²) >= 11 is 0. The lowest BCUT2D eigenvalue weighted by Gasteiger charge is -2.34. The number of fused-ring (bicyclic) bond motifs is 1. The fourth-order valence-electron chi connectivity index (χ4n) is 4.85. The molecule has 0 bridgehead atoms. The Hall–Kier alpha value is -4.36. The number of rotatable bonds is 9. The van der Waals surface area contributed by atoms with Crippen LogP contribution in [0.3, 0.4) is 0 Å². The number of carbonyl (C=O) groups excluding carboxylic acids is 1. The zero-order valence-corrected chi connectivity index (χ0v) is 24.2. The number of aromatic nitrogens is 3. The first kappa shape index (κ1) is 29.1. The Morgan fingerprint density at radius 3 is 2.48 bits per heavy atom. The van der Waals surface area contributed by atoms with E-state index in [2.05, 4.69) is 37.4 Å². The summed E-state index contributed by atoms with van der Waals surface area (Å²) in [6, 6.07) is 14.5. The van der Waals surface area contributed by atoms with E-state index in [4.69, 9.17) is 0 Å². The van der Waals surface area contributed by atoms with Gasteiger partial charge in [0.15, 0.2) is 9.84 Å². The first-order chi connectivity index (χ1) is 20.1. The smallest absolute Gasteiger partial charge is 0.252 e. The number of pyridine rings is 1. The Balaban J connectivity index is 1.43. The van der Waals surface area contributed by atoms with Crippen LogP contribution < -0.4 is 21.1 Å². The fourth-order valence-corrected chi connectivity index (χ4v) is 6.26. The molecule has 0 radical (unpaired) electrons. The van der Waals surface area contributed by atoms with Gasteiger partial charge in [-0.25, -0.2) is 17.8 Å². The maximum Gasteiger partial charge on any atom is 0.252 e. The SMILES string of the molecule is CC(=O)NCCS(=O)(=O)c1cccc(F)c1Cn1c(=O)ccc2cnc(Nc3ccc(N4CCN(C)CC4)cc3)nc21. The molecule has 1 fully saturated rings. The molecule has 2 aromatic carbocycles. The molecule has 0 spiro atoms. The van der Waals surface area contributed by atoms with Crippen molar-refractivity contribution >= 4 is 44.1 Å². The number of hydrogen-bond acceptors (Lipinski definition) is 9. The largest absolute Gasteiger partial charge is 0.369 e. The Bertz CT molecular complexity index is 1770. The number of likely N-dealkylation sites (N-methyl/N-ethyl adjacent to an activating group) is 1. The Morgan fingerprint density at radius 2 is 1.76 bits per heavy atom. The number of anilines is 3. The lowest BCUT2D eigenvalue weighted by molar-refractivity contribution is -0.118. The van der Waals surface area contributed by atoms with E-state index in [9.17, 15) is 18.0 Å². The molecular weight excluding hydrogens is 561 g/mol. The summed E-state index contributed by atoms with van der Waals surface area (Å²) < 4.78 is 42.5. The lowest BCUT2D eigenvalue weighted by atomic mass is 10.2. The van der Waals surface area contributed by atoms with Crippen molar-refractivity contribution in [2.24, 2.45) is 0 Å². The normalized spacial score (nSPS) is 14.2. The highest BCUT2D eigenvalue weighted by Gasteiger charge is 2.23. The summed E-state index contributed by atoms with van der Waals surface area (Å²) in [4.78, 5) is 37.5. The molecule has 2 N–H and O–H groups in total. The van der Waals surface area contributed by atoms with Gasteiger partial charge >= 0.3 is 0 Å². The van der Waals surface area contributed by atoms with E-state index in [-0.39, 0.29) is 41.1 Å². The quantitative estimate of drug-likeness (QED) is 0.301. The molecule has 42 heavy (non-hydrogen) atoms. The molecule has 0 atom stereocenters. The number of halogens is 1. The number of hydrogen-bond donors (Lipinski definition) is 2. The van der Waals surface area contributed by atoms with Gasteiger partial charge in [-0.05, 0) is 49.5 Å². The predicted molar refractivity (Wildman–Crippen MR) is 159 cm³/mol. The molecule has 5 rings (SSSR count). The number of benzene rings is 2. The van der Waals surface area contributed by atoms with Crippen molar-refractivity contribution in [3.63, 3.8) is 0 Å². The van der Waals surface area contributed by atoms with Gasteiger partial charge in [-0.2, -0.15) is 4.98 Å². The second kappa shape index (κ2) is 12.2. The molecule has 1 aliphatic heterocycles. The van der Waals surface area contributed by atoms with E-state index >= 15 is 4.39 Å². The van der Waals surface area contributed by atoms with E-state index in [0.717, 1.165) is 43.6 Å². The number of nitrogens with zero attached hydrogens (tertiary/aromatic N) is 5. The van der Waals surface area contributed by atoms with Crippen LogP contribution >= 0.6 is 0 Å². The minimum atomic E-state index is -3.98. The maximum atomic E-state index is 15.1. The zero-order chi connectivity index (χ0) is 29.9. The Kier molecular flexibility index (Phi) is 8.50. The van der Waals surface area contributed by atoms with Gasteiger partial charge < -0.3 is 20.4 Å². The van der Waals surface area contributed by atoms with Crippen LogP contribution in [0.2, 0.25) is 0 Å². The van der Waals surface area contributed by atoms with Crippen LogP contribution in [0.15, 0.2) is 70.5 Å². The third-order valence-corrected chi connectivity index (χ3v) is 8.98. The first-order valence-electron chi connectivity index (χ1n) is 13.5. The van der Waals surface area contributed by atoms with Crippen LogP contribution in [0, 0.1) is 5.82 Å². The van der Waals surface area contributed by atoms with Crippen molar-refractivity contribution in [2.75, 3.05) is 55.7 Å². The van der Waals surface area contributed by atoms with Gasteiger partial charge in [0, 0.05) is 74.2 Å². The standard InChI is InChI=1S/C29H32FN7O4S/c1-20(38)31-12-17-42(40,41)26-5-3-4-25(30)24(26)19-37-27(39)11-6-21-18-32-29(34-28(21)37)33-22-7-9-23(10-8-22)36-15-13-35(2)14-16-36/h3-11,18H,12-17,19H2,1-2H3,(H,31,38)(H,32,33,34). The van der Waals surface area contributed by atoms with Gasteiger partial charge in [-0.3, -0.25) is 14.2 Å². The molecule has 220 valence electrons. The molecular formula is C29H32FN7O4S. The predicted octanol–water partition coefficient (Wildman–Crippen LogP) is 2.38. The Morgan fingerprint density at radius 1 is 1.02 bits per heavy atom. The summed E-state index contributed by atoms with van der Waals surface area (Å²) in [5.41, 5.74) is 1.45. The van der Waals surface area contributed by atoms with Crippen LogP contribution in [0.5, 0.6) is 0 Å². The summed E-state index contributed by atoms with van der Waals surface area (Å²) in [5.74, 6) is -1.34. The van der Waals surface area contributed by atoms with Gasteiger partial charge in [0.1, 0.15) is 11.5 Å². The fraction of sp³-hybridized carbons (Fsp3) is 0.310. The van der Waals surface area contributed by atoms with Gasteiger partial charge in [0.2, 0.25) is 11.9 Å². The van der Waals surface area contributed by atoms with E-state index in [1.165, 1.54) is 29.7 Å². The molecule has 2 aromatic heterocycles. The van der Waals surface area contributed by atoms with E-state index in [1.807, 2.05) is 24.3 Å². The average molecular weight is 594 g/mol. The average Bonchev–Trinajstić information content (AvgIpc) is 2.96. The van der Waals surface area contributed by atoms with Gasteiger partial charge in [0.25, 0.3) is 5.56 Å². The minimum absolute atomic E-state index is 0.125. The molecule has 1 amide bonds. The topological polar surface area (TPSA) is 130 Å². The summed E-state index contributed by atoms with van der Waals surface area (Å²) in [6.45, 7) is 4.70. The van der Waals surface area contributed by atoms with E-state index in [0.29, 0.717) is 5.39 Å². The van der Waals surface area contributed by atoms with E-state index in [1.54, 1.807) is 12.3 Å². The lowest BCUT2D eigenvalue weighted by Crippen LogP contribution is -2.44. The second-order valence-corrected chi connectivity index (χ2v) is 12.3. The molecule has 0 unspecified atom stereocenters. The number of piperazine rings is 1. The summed E-state index contributed by atoms with van der Waals surface area (Å²) in [5, 5.41) is 6.12. The van der Waals surface area contributed by atoms with Gasteiger partial charge in [-0.15, -0.1) is 0 Å². The van der Waals surface area contributed by atoms with Crippen molar-refractivity contribution in [3.05, 3.63) is 82.5 Å². The molecule has 0 saturated carbocycles. The van der Waals surface area contributed by atoms with Crippen molar-refractivity contribution in [1.29, 1.82) is 0 Å². The highest BCUT2D eigenvalue weighted by atomic mass is 32.2.